The summed E-state index contributed by atoms with van der Waals surface area (Å²) in [7, 11) is 0. The Morgan fingerprint density at radius 2 is 2.05 bits per heavy atom. The molecule has 1 aliphatic rings. The number of aryl methyl sites for hydroxylation is 1. The number of anilines is 2. The largest absolute Gasteiger partial charge is 0.324 e. The van der Waals surface area contributed by atoms with Crippen LogP contribution in [0.15, 0.2) is 47.4 Å². The number of hydrogen-bond donors (Lipinski definition) is 2. The molecule has 1 aliphatic heterocycles. The van der Waals surface area contributed by atoms with Crippen LogP contribution >= 0.6 is 11.8 Å². The van der Waals surface area contributed by atoms with Crippen LogP contribution in [-0.4, -0.2) is 17.1 Å². The lowest BCUT2D eigenvalue weighted by molar-refractivity contribution is -0.115. The maximum Gasteiger partial charge on any atom is 0.255 e. The van der Waals surface area contributed by atoms with E-state index in [4.69, 9.17) is 0 Å². The summed E-state index contributed by atoms with van der Waals surface area (Å²) < 4.78 is 0. The van der Waals surface area contributed by atoms with Crippen LogP contribution in [0.1, 0.15) is 22.8 Å². The van der Waals surface area contributed by atoms with Crippen molar-refractivity contribution < 1.29 is 9.59 Å². The number of thioether (sulfide) groups is 1. The van der Waals surface area contributed by atoms with Crippen molar-refractivity contribution in [3.05, 3.63) is 53.6 Å². The van der Waals surface area contributed by atoms with Gasteiger partial charge in [0.05, 0.1) is 10.9 Å². The van der Waals surface area contributed by atoms with E-state index in [2.05, 4.69) is 10.6 Å². The summed E-state index contributed by atoms with van der Waals surface area (Å²) in [4.78, 5) is 25.0. The SMILES string of the molecule is Cc1cccc(NC(=O)c2ccc3c(c2)NC(=O)[C@H](C)S3)c1. The van der Waals surface area contributed by atoms with E-state index in [0.29, 0.717) is 11.3 Å². The maximum atomic E-state index is 12.3. The monoisotopic (exact) mass is 312 g/mol. The van der Waals surface area contributed by atoms with Crippen LogP contribution in [-0.2, 0) is 4.79 Å². The molecule has 2 amide bonds. The van der Waals surface area contributed by atoms with Gasteiger partial charge in [-0.05, 0) is 49.7 Å². The maximum absolute atomic E-state index is 12.3. The molecule has 1 atom stereocenters. The normalized spacial score (nSPS) is 16.6. The molecule has 0 radical (unpaired) electrons. The van der Waals surface area contributed by atoms with E-state index < -0.39 is 0 Å². The van der Waals surface area contributed by atoms with Crippen LogP contribution < -0.4 is 10.6 Å². The lowest BCUT2D eigenvalue weighted by atomic mass is 10.1. The van der Waals surface area contributed by atoms with Crippen molar-refractivity contribution in [2.45, 2.75) is 24.0 Å². The minimum atomic E-state index is -0.189. The van der Waals surface area contributed by atoms with Gasteiger partial charge in [-0.2, -0.15) is 0 Å². The number of amides is 2. The van der Waals surface area contributed by atoms with Gasteiger partial charge >= 0.3 is 0 Å². The van der Waals surface area contributed by atoms with Gasteiger partial charge in [-0.15, -0.1) is 11.8 Å². The van der Waals surface area contributed by atoms with Gasteiger partial charge < -0.3 is 10.6 Å². The molecule has 0 spiro atoms. The molecule has 2 aromatic rings. The van der Waals surface area contributed by atoms with Crippen molar-refractivity contribution >= 4 is 35.0 Å². The Morgan fingerprint density at radius 3 is 2.82 bits per heavy atom. The number of rotatable bonds is 2. The zero-order valence-corrected chi connectivity index (χ0v) is 13.2. The first kappa shape index (κ1) is 14.7. The topological polar surface area (TPSA) is 58.2 Å². The second-order valence-corrected chi connectivity index (χ2v) is 6.67. The number of benzene rings is 2. The Labute approximate surface area is 133 Å². The van der Waals surface area contributed by atoms with E-state index in [-0.39, 0.29) is 17.1 Å². The van der Waals surface area contributed by atoms with Gasteiger partial charge in [0, 0.05) is 16.1 Å². The molecule has 4 nitrogen and oxygen atoms in total. The molecule has 22 heavy (non-hydrogen) atoms. The van der Waals surface area contributed by atoms with Crippen molar-refractivity contribution in [3.63, 3.8) is 0 Å². The predicted octanol–water partition coefficient (Wildman–Crippen LogP) is 3.68. The highest BCUT2D eigenvalue weighted by atomic mass is 32.2. The highest BCUT2D eigenvalue weighted by Crippen LogP contribution is 2.36. The summed E-state index contributed by atoms with van der Waals surface area (Å²) in [6.45, 7) is 3.84. The third-order valence-electron chi connectivity index (χ3n) is 3.45. The van der Waals surface area contributed by atoms with E-state index >= 15 is 0 Å². The molecule has 0 fully saturated rings. The van der Waals surface area contributed by atoms with Crippen LogP contribution in [0.2, 0.25) is 0 Å². The highest BCUT2D eigenvalue weighted by Gasteiger charge is 2.23. The summed E-state index contributed by atoms with van der Waals surface area (Å²) in [5, 5.41) is 5.59. The molecule has 2 aromatic carbocycles. The Bertz CT molecular complexity index is 758. The van der Waals surface area contributed by atoms with Gasteiger partial charge in [0.1, 0.15) is 0 Å². The average Bonchev–Trinajstić information content (AvgIpc) is 2.48. The number of carbonyl (C=O) groups excluding carboxylic acids is 2. The van der Waals surface area contributed by atoms with Crippen LogP contribution in [0.25, 0.3) is 0 Å². The smallest absolute Gasteiger partial charge is 0.255 e. The number of hydrogen-bond acceptors (Lipinski definition) is 3. The highest BCUT2D eigenvalue weighted by molar-refractivity contribution is 8.00. The lowest BCUT2D eigenvalue weighted by Gasteiger charge is -2.21. The number of nitrogens with one attached hydrogen (secondary N) is 2. The molecule has 0 aromatic heterocycles. The van der Waals surface area contributed by atoms with Crippen LogP contribution in [0, 0.1) is 6.92 Å². The second kappa shape index (κ2) is 5.85. The Morgan fingerprint density at radius 1 is 1.23 bits per heavy atom. The van der Waals surface area contributed by atoms with E-state index in [1.165, 1.54) is 11.8 Å². The van der Waals surface area contributed by atoms with Crippen molar-refractivity contribution in [3.8, 4) is 0 Å². The summed E-state index contributed by atoms with van der Waals surface area (Å²) >= 11 is 1.50. The quantitative estimate of drug-likeness (QED) is 0.889. The van der Waals surface area contributed by atoms with Crippen LogP contribution in [0.5, 0.6) is 0 Å². The molecule has 0 aliphatic carbocycles. The molecule has 5 heteroatoms. The molecule has 0 bridgehead atoms. The molecular formula is C17H16N2O2S. The molecule has 3 rings (SSSR count). The third-order valence-corrected chi connectivity index (χ3v) is 4.63. The average molecular weight is 312 g/mol. The van der Waals surface area contributed by atoms with E-state index in [1.54, 1.807) is 12.1 Å². The molecule has 2 N–H and O–H groups in total. The molecule has 0 unspecified atom stereocenters. The molecule has 1 heterocycles. The minimum absolute atomic E-state index is 0.0336. The summed E-state index contributed by atoms with van der Waals surface area (Å²) in [5.74, 6) is -0.222. The predicted molar refractivity (Wildman–Crippen MR) is 89.5 cm³/mol. The minimum Gasteiger partial charge on any atom is -0.324 e. The first-order valence-corrected chi connectivity index (χ1v) is 7.90. The molecule has 0 saturated heterocycles. The Balaban J connectivity index is 1.82. The van der Waals surface area contributed by atoms with Crippen LogP contribution in [0.4, 0.5) is 11.4 Å². The Hall–Kier alpha value is -2.27. The van der Waals surface area contributed by atoms with Gasteiger partial charge in [0.15, 0.2) is 0 Å². The van der Waals surface area contributed by atoms with E-state index in [9.17, 15) is 9.59 Å². The van der Waals surface area contributed by atoms with Gasteiger partial charge in [0.25, 0.3) is 5.91 Å². The van der Waals surface area contributed by atoms with Crippen molar-refractivity contribution in [1.29, 1.82) is 0 Å². The van der Waals surface area contributed by atoms with Crippen LogP contribution in [0.3, 0.4) is 0 Å². The van der Waals surface area contributed by atoms with Gasteiger partial charge in [-0.3, -0.25) is 9.59 Å². The molecule has 112 valence electrons. The van der Waals surface area contributed by atoms with Crippen molar-refractivity contribution in [2.24, 2.45) is 0 Å². The van der Waals surface area contributed by atoms with Gasteiger partial charge in [-0.25, -0.2) is 0 Å². The Kier molecular flexibility index (Phi) is 3.90. The zero-order valence-electron chi connectivity index (χ0n) is 12.3. The summed E-state index contributed by atoms with van der Waals surface area (Å²) in [5.41, 5.74) is 3.07. The third kappa shape index (κ3) is 2.99. The lowest BCUT2D eigenvalue weighted by Crippen LogP contribution is -2.26. The first-order valence-electron chi connectivity index (χ1n) is 7.02. The summed E-state index contributed by atoms with van der Waals surface area (Å²) in [6.07, 6.45) is 0. The van der Waals surface area contributed by atoms with Crippen molar-refractivity contribution in [1.82, 2.24) is 0 Å². The van der Waals surface area contributed by atoms with Crippen molar-refractivity contribution in [2.75, 3.05) is 10.6 Å². The first-order chi connectivity index (χ1) is 10.5. The number of carbonyl (C=O) groups is 2. The second-order valence-electron chi connectivity index (χ2n) is 5.28. The molecular weight excluding hydrogens is 296 g/mol. The van der Waals surface area contributed by atoms with Gasteiger partial charge in [-0.1, -0.05) is 12.1 Å². The number of fused-ring (bicyclic) bond motifs is 1. The zero-order chi connectivity index (χ0) is 15.7. The van der Waals surface area contributed by atoms with E-state index in [1.807, 2.05) is 44.2 Å². The fourth-order valence-electron chi connectivity index (χ4n) is 2.28. The fraction of sp³-hybridized carbons (Fsp3) is 0.176. The fourth-order valence-corrected chi connectivity index (χ4v) is 3.21. The molecule has 0 saturated carbocycles. The van der Waals surface area contributed by atoms with Gasteiger partial charge in [0.2, 0.25) is 5.91 Å². The summed E-state index contributed by atoms with van der Waals surface area (Å²) in [6, 6.07) is 13.0. The standard InChI is InChI=1S/C17H16N2O2S/c1-10-4-3-5-13(8-10)18-17(21)12-6-7-15-14(9-12)19-16(20)11(2)22-15/h3-9,11H,1-2H3,(H,18,21)(H,19,20)/t11-/m0/s1. The van der Waals surface area contributed by atoms with E-state index in [0.717, 1.165) is 16.1 Å².